The highest BCUT2D eigenvalue weighted by Gasteiger charge is 2.34. The van der Waals surface area contributed by atoms with Crippen molar-refractivity contribution in [2.75, 3.05) is 33.1 Å². The van der Waals surface area contributed by atoms with Gasteiger partial charge in [-0.15, -0.1) is 11.6 Å². The van der Waals surface area contributed by atoms with Crippen molar-refractivity contribution in [1.29, 1.82) is 0 Å². The molecule has 0 saturated carbocycles. The number of carbonyl (C=O) groups excluding carboxylic acids is 2. The molecule has 0 bridgehead atoms. The molecule has 2 aromatic heterocycles. The summed E-state index contributed by atoms with van der Waals surface area (Å²) in [6.07, 6.45) is 3.95. The molecule has 9 nitrogen and oxygen atoms in total. The van der Waals surface area contributed by atoms with Gasteiger partial charge in [0.25, 0.3) is 10.0 Å². The van der Waals surface area contributed by atoms with Crippen molar-refractivity contribution in [3.63, 3.8) is 0 Å². The molecule has 1 N–H and O–H groups in total. The van der Waals surface area contributed by atoms with Crippen LogP contribution < -0.4 is 5.32 Å². The Balaban J connectivity index is 1.67. The van der Waals surface area contributed by atoms with Gasteiger partial charge >= 0.3 is 0 Å². The largest absolute Gasteiger partial charge is 0.342 e. The van der Waals surface area contributed by atoms with Gasteiger partial charge in [-0.25, -0.2) is 16.8 Å². The fraction of sp³-hybridized carbons (Fsp3) is 0.393. The summed E-state index contributed by atoms with van der Waals surface area (Å²) >= 11 is 5.66. The monoisotopic (exact) mass is 589 g/mol. The van der Waals surface area contributed by atoms with Crippen molar-refractivity contribution < 1.29 is 22.4 Å². The molecule has 0 radical (unpaired) electrons. The van der Waals surface area contributed by atoms with Crippen LogP contribution in [-0.2, 0) is 26.2 Å². The van der Waals surface area contributed by atoms with Crippen LogP contribution in [0.4, 0.5) is 4.39 Å². The summed E-state index contributed by atoms with van der Waals surface area (Å²) < 4.78 is 44.1. The van der Waals surface area contributed by atoms with E-state index in [0.717, 1.165) is 3.97 Å². The predicted molar refractivity (Wildman–Crippen MR) is 151 cm³/mol. The number of piperidine rings is 1. The first-order valence-corrected chi connectivity index (χ1v) is 15.0. The van der Waals surface area contributed by atoms with Crippen LogP contribution in [-0.4, -0.2) is 72.1 Å². The molecular formula is C28H33ClFN5O4S. The number of hydrogen-bond donors (Lipinski definition) is 1. The maximum Gasteiger partial charge on any atom is 0.270 e. The van der Waals surface area contributed by atoms with E-state index >= 15 is 0 Å². The number of amides is 2. The molecule has 1 aliphatic heterocycles. The Morgan fingerprint density at radius 2 is 1.90 bits per heavy atom. The molecule has 1 saturated heterocycles. The number of hydrogen-bond acceptors (Lipinski definition) is 6. The summed E-state index contributed by atoms with van der Waals surface area (Å²) in [4.78, 5) is 32.8. The summed E-state index contributed by atoms with van der Waals surface area (Å²) in [5, 5.41) is 3.00. The highest BCUT2D eigenvalue weighted by molar-refractivity contribution is 7.90. The highest BCUT2D eigenvalue weighted by atomic mass is 35.5. The summed E-state index contributed by atoms with van der Waals surface area (Å²) in [5.74, 6) is -1.25. The van der Waals surface area contributed by atoms with E-state index in [0.29, 0.717) is 38.0 Å². The van der Waals surface area contributed by atoms with Crippen LogP contribution in [0.15, 0.2) is 59.8 Å². The van der Waals surface area contributed by atoms with Crippen molar-refractivity contribution in [1.82, 2.24) is 24.1 Å². The molecule has 0 spiro atoms. The topological polar surface area (TPSA) is 105 Å². The Morgan fingerprint density at radius 1 is 1.20 bits per heavy atom. The van der Waals surface area contributed by atoms with Crippen LogP contribution in [0.3, 0.4) is 0 Å². The lowest BCUT2D eigenvalue weighted by atomic mass is 9.94. The van der Waals surface area contributed by atoms with Gasteiger partial charge in [0.1, 0.15) is 16.6 Å². The number of carbonyl (C=O) groups is 2. The SMILES string of the molecule is CNCc1cc(-c2ccccc2F)n(S(=O)(=O)c2cccnc2C(C)N(C)C(=O)C2CCN(C(=O)CCl)CC2)c1. The smallest absolute Gasteiger partial charge is 0.270 e. The first kappa shape index (κ1) is 29.7. The number of nitrogens with one attached hydrogen (secondary N) is 1. The Kier molecular flexibility index (Phi) is 9.27. The van der Waals surface area contributed by atoms with E-state index in [2.05, 4.69) is 10.3 Å². The van der Waals surface area contributed by atoms with Gasteiger partial charge in [0.05, 0.1) is 17.4 Å². The third kappa shape index (κ3) is 5.91. The predicted octanol–water partition coefficient (Wildman–Crippen LogP) is 3.64. The molecule has 12 heteroatoms. The quantitative estimate of drug-likeness (QED) is 0.382. The van der Waals surface area contributed by atoms with Gasteiger partial charge in [-0.3, -0.25) is 14.6 Å². The number of rotatable bonds is 9. The number of nitrogens with zero attached hydrogens (tertiary/aromatic N) is 4. The standard InChI is InChI=1S/C28H33ClFN5O4S/c1-19(33(3)28(37)21-10-13-34(14-11-21)26(36)16-29)27-25(9-6-12-32-27)40(38,39)35-18-20(17-31-2)15-24(35)22-7-4-5-8-23(22)30/h4-9,12,15,18-19,21,31H,10-11,13-14,16-17H2,1-3H3. The highest BCUT2D eigenvalue weighted by Crippen LogP contribution is 2.33. The third-order valence-corrected chi connectivity index (χ3v) is 9.30. The molecule has 1 aromatic carbocycles. The molecule has 2 amide bonds. The third-order valence-electron chi connectivity index (χ3n) is 7.35. The minimum absolute atomic E-state index is 0.0751. The minimum Gasteiger partial charge on any atom is -0.342 e. The molecule has 1 aliphatic rings. The number of alkyl halides is 1. The Hall–Kier alpha value is -3.28. The van der Waals surface area contributed by atoms with E-state index in [4.69, 9.17) is 11.6 Å². The Labute approximate surface area is 239 Å². The van der Waals surface area contributed by atoms with Crippen molar-refractivity contribution in [2.45, 2.75) is 37.2 Å². The van der Waals surface area contributed by atoms with Crippen LogP contribution in [0.5, 0.6) is 0 Å². The molecule has 4 rings (SSSR count). The summed E-state index contributed by atoms with van der Waals surface area (Å²) in [6, 6.07) is 9.95. The number of pyridine rings is 1. The van der Waals surface area contributed by atoms with Gasteiger partial charge in [-0.1, -0.05) is 12.1 Å². The van der Waals surface area contributed by atoms with Crippen molar-refractivity contribution in [3.8, 4) is 11.3 Å². The van der Waals surface area contributed by atoms with Gasteiger partial charge in [-0.05, 0) is 62.7 Å². The zero-order chi connectivity index (χ0) is 29.0. The molecule has 3 heterocycles. The summed E-state index contributed by atoms with van der Waals surface area (Å²) in [5.41, 5.74) is 1.21. The van der Waals surface area contributed by atoms with Crippen molar-refractivity contribution >= 4 is 33.4 Å². The maximum absolute atomic E-state index is 14.8. The Bertz CT molecular complexity index is 1490. The number of benzene rings is 1. The first-order valence-electron chi connectivity index (χ1n) is 13.0. The minimum atomic E-state index is -4.25. The zero-order valence-corrected chi connectivity index (χ0v) is 24.3. The van der Waals surface area contributed by atoms with Crippen LogP contribution in [0.2, 0.25) is 0 Å². The van der Waals surface area contributed by atoms with Crippen LogP contribution in [0.25, 0.3) is 11.3 Å². The van der Waals surface area contributed by atoms with E-state index < -0.39 is 21.9 Å². The van der Waals surface area contributed by atoms with E-state index in [1.807, 2.05) is 0 Å². The lowest BCUT2D eigenvalue weighted by Crippen LogP contribution is -2.44. The van der Waals surface area contributed by atoms with E-state index in [9.17, 15) is 22.4 Å². The van der Waals surface area contributed by atoms with Crippen LogP contribution >= 0.6 is 11.6 Å². The summed E-state index contributed by atoms with van der Waals surface area (Å²) in [7, 11) is -0.884. The Morgan fingerprint density at radius 3 is 2.55 bits per heavy atom. The van der Waals surface area contributed by atoms with Gasteiger partial charge in [-0.2, -0.15) is 0 Å². The van der Waals surface area contributed by atoms with Gasteiger partial charge in [0.15, 0.2) is 0 Å². The van der Waals surface area contributed by atoms with Crippen LogP contribution in [0, 0.1) is 11.7 Å². The molecule has 3 aromatic rings. The molecule has 0 aliphatic carbocycles. The molecule has 214 valence electrons. The lowest BCUT2D eigenvalue weighted by molar-refractivity contribution is -0.140. The molecule has 1 unspecified atom stereocenters. The lowest BCUT2D eigenvalue weighted by Gasteiger charge is -2.35. The average Bonchev–Trinajstić information content (AvgIpc) is 3.40. The number of aromatic nitrogens is 2. The average molecular weight is 590 g/mol. The van der Waals surface area contributed by atoms with E-state index in [1.165, 1.54) is 41.6 Å². The summed E-state index contributed by atoms with van der Waals surface area (Å²) in [6.45, 7) is 2.99. The molecule has 40 heavy (non-hydrogen) atoms. The fourth-order valence-corrected chi connectivity index (χ4v) is 6.83. The second kappa shape index (κ2) is 12.5. The molecular weight excluding hydrogens is 557 g/mol. The number of likely N-dealkylation sites (tertiary alicyclic amines) is 1. The van der Waals surface area contributed by atoms with Crippen LogP contribution in [0.1, 0.15) is 37.1 Å². The second-order valence-corrected chi connectivity index (χ2v) is 11.9. The normalized spacial score (nSPS) is 15.2. The van der Waals surface area contributed by atoms with Crippen molar-refractivity contribution in [2.24, 2.45) is 5.92 Å². The zero-order valence-electron chi connectivity index (χ0n) is 22.7. The molecule has 1 atom stereocenters. The van der Waals surface area contributed by atoms with E-state index in [1.54, 1.807) is 44.1 Å². The number of halogens is 2. The molecule has 1 fully saturated rings. The second-order valence-electron chi connectivity index (χ2n) is 9.85. The first-order chi connectivity index (χ1) is 19.1. The van der Waals surface area contributed by atoms with Gasteiger partial charge < -0.3 is 15.1 Å². The fourth-order valence-electron chi connectivity index (χ4n) is 5.02. The maximum atomic E-state index is 14.8. The van der Waals surface area contributed by atoms with Gasteiger partial charge in [0, 0.05) is 50.6 Å². The van der Waals surface area contributed by atoms with Gasteiger partial charge in [0.2, 0.25) is 11.8 Å². The van der Waals surface area contributed by atoms with E-state index in [-0.39, 0.29) is 45.5 Å². The van der Waals surface area contributed by atoms with Crippen molar-refractivity contribution in [3.05, 3.63) is 71.9 Å².